The number of alkyl halides is 1. The predicted octanol–water partition coefficient (Wildman–Crippen LogP) is 3.71. The van der Waals surface area contributed by atoms with E-state index in [1.165, 1.54) is 18.1 Å². The molecule has 1 heterocycles. The van der Waals surface area contributed by atoms with Crippen LogP contribution in [0.15, 0.2) is 48.5 Å². The Labute approximate surface area is 177 Å². The number of carbonyl (C=O) groups is 1. The molecule has 4 rings (SSSR count). The highest BCUT2D eigenvalue weighted by Gasteiger charge is 2.39. The maximum Gasteiger partial charge on any atom is 0.221 e. The smallest absolute Gasteiger partial charge is 0.221 e. The SMILES string of the molecule is CC(=O)Nc1cccc(O[C@H]2c3ccccc3C[C@@H]2N2CCC[C@@H](NCCF)C2)c1. The summed E-state index contributed by atoms with van der Waals surface area (Å²) in [5, 5.41) is 6.16. The van der Waals surface area contributed by atoms with Crippen LogP contribution in [-0.4, -0.2) is 49.2 Å². The Morgan fingerprint density at radius 3 is 2.93 bits per heavy atom. The maximum absolute atomic E-state index is 12.6. The van der Waals surface area contributed by atoms with Crippen LogP contribution in [0.2, 0.25) is 0 Å². The Morgan fingerprint density at radius 2 is 2.10 bits per heavy atom. The monoisotopic (exact) mass is 411 g/mol. The van der Waals surface area contributed by atoms with Gasteiger partial charge in [0, 0.05) is 37.8 Å². The van der Waals surface area contributed by atoms with Crippen molar-refractivity contribution < 1.29 is 13.9 Å². The van der Waals surface area contributed by atoms with Crippen LogP contribution in [-0.2, 0) is 11.2 Å². The second-order valence-corrected chi connectivity index (χ2v) is 8.19. The van der Waals surface area contributed by atoms with E-state index in [0.29, 0.717) is 12.6 Å². The number of piperidine rings is 1. The Bertz CT molecular complexity index is 875. The summed E-state index contributed by atoms with van der Waals surface area (Å²) in [4.78, 5) is 13.9. The van der Waals surface area contributed by atoms with E-state index in [4.69, 9.17) is 4.74 Å². The van der Waals surface area contributed by atoms with Crippen molar-refractivity contribution in [2.75, 3.05) is 31.6 Å². The highest BCUT2D eigenvalue weighted by molar-refractivity contribution is 5.88. The minimum Gasteiger partial charge on any atom is -0.484 e. The molecular weight excluding hydrogens is 381 g/mol. The molecule has 0 spiro atoms. The molecule has 1 fully saturated rings. The molecule has 2 aliphatic rings. The summed E-state index contributed by atoms with van der Waals surface area (Å²) in [6, 6.07) is 16.6. The van der Waals surface area contributed by atoms with Crippen LogP contribution in [0, 0.1) is 0 Å². The second-order valence-electron chi connectivity index (χ2n) is 8.19. The van der Waals surface area contributed by atoms with Crippen molar-refractivity contribution in [3.63, 3.8) is 0 Å². The molecule has 2 aromatic carbocycles. The number of nitrogens with zero attached hydrogens (tertiary/aromatic N) is 1. The van der Waals surface area contributed by atoms with Crippen LogP contribution in [0.5, 0.6) is 5.75 Å². The fourth-order valence-corrected chi connectivity index (χ4v) is 4.73. The van der Waals surface area contributed by atoms with E-state index in [2.05, 4.69) is 39.8 Å². The zero-order valence-electron chi connectivity index (χ0n) is 17.4. The molecule has 0 bridgehead atoms. The topological polar surface area (TPSA) is 53.6 Å². The van der Waals surface area contributed by atoms with Gasteiger partial charge in [0.1, 0.15) is 18.5 Å². The number of ether oxygens (including phenoxy) is 1. The number of fused-ring (bicyclic) bond motifs is 1. The van der Waals surface area contributed by atoms with Gasteiger partial charge in [0.25, 0.3) is 0 Å². The van der Waals surface area contributed by atoms with Gasteiger partial charge in [0.15, 0.2) is 0 Å². The first-order valence-corrected chi connectivity index (χ1v) is 10.8. The molecule has 1 amide bonds. The Morgan fingerprint density at radius 1 is 1.23 bits per heavy atom. The van der Waals surface area contributed by atoms with E-state index >= 15 is 0 Å². The molecule has 1 aliphatic carbocycles. The van der Waals surface area contributed by atoms with Gasteiger partial charge in [-0.25, -0.2) is 4.39 Å². The average Bonchev–Trinajstić information content (AvgIpc) is 3.11. The molecule has 1 saturated heterocycles. The predicted molar refractivity (Wildman–Crippen MR) is 117 cm³/mol. The third-order valence-electron chi connectivity index (χ3n) is 6.01. The summed E-state index contributed by atoms with van der Waals surface area (Å²) in [6.07, 6.45) is 3.05. The highest BCUT2D eigenvalue weighted by Crippen LogP contribution is 2.39. The summed E-state index contributed by atoms with van der Waals surface area (Å²) in [6.45, 7) is 3.52. The van der Waals surface area contributed by atoms with Gasteiger partial charge < -0.3 is 15.4 Å². The Kier molecular flexibility index (Phi) is 6.65. The number of likely N-dealkylation sites (tertiary alicyclic amines) is 1. The number of carbonyl (C=O) groups excluding carboxylic acids is 1. The Balaban J connectivity index is 1.54. The quantitative estimate of drug-likeness (QED) is 0.729. The lowest BCUT2D eigenvalue weighted by Crippen LogP contribution is -2.51. The van der Waals surface area contributed by atoms with Gasteiger partial charge in [-0.1, -0.05) is 30.3 Å². The molecule has 0 radical (unpaired) electrons. The van der Waals surface area contributed by atoms with Crippen LogP contribution in [0.4, 0.5) is 10.1 Å². The zero-order chi connectivity index (χ0) is 20.9. The maximum atomic E-state index is 12.6. The Hall–Kier alpha value is -2.44. The number of hydrogen-bond donors (Lipinski definition) is 2. The van der Waals surface area contributed by atoms with Gasteiger partial charge in [-0.15, -0.1) is 0 Å². The molecule has 1 aliphatic heterocycles. The molecule has 0 unspecified atom stereocenters. The minimum absolute atomic E-state index is 0.0753. The number of benzene rings is 2. The standard InChI is InChI=1S/C24H30FN3O2/c1-17(29)27-19-7-4-9-21(15-19)30-24-22-10-3-2-6-18(22)14-23(24)28-13-5-8-20(16-28)26-12-11-25/h2-4,6-7,9-10,15,20,23-24,26H,5,8,11-14,16H2,1H3,(H,27,29)/t20-,23+,24+/m1/s1. The first-order valence-electron chi connectivity index (χ1n) is 10.8. The van der Waals surface area contributed by atoms with Crippen molar-refractivity contribution in [1.82, 2.24) is 10.2 Å². The van der Waals surface area contributed by atoms with Crippen molar-refractivity contribution in [2.45, 2.75) is 44.4 Å². The van der Waals surface area contributed by atoms with Crippen LogP contribution in [0.25, 0.3) is 0 Å². The molecule has 0 aromatic heterocycles. The van der Waals surface area contributed by atoms with Crippen molar-refractivity contribution in [1.29, 1.82) is 0 Å². The zero-order valence-corrected chi connectivity index (χ0v) is 17.4. The van der Waals surface area contributed by atoms with Gasteiger partial charge in [-0.2, -0.15) is 0 Å². The van der Waals surface area contributed by atoms with E-state index in [0.717, 1.165) is 43.8 Å². The molecule has 160 valence electrons. The number of rotatable bonds is 7. The summed E-state index contributed by atoms with van der Waals surface area (Å²) >= 11 is 0. The molecule has 3 atom stereocenters. The number of nitrogens with one attached hydrogen (secondary N) is 2. The van der Waals surface area contributed by atoms with Gasteiger partial charge in [0.2, 0.25) is 5.91 Å². The van der Waals surface area contributed by atoms with Gasteiger partial charge in [0.05, 0.1) is 6.04 Å². The minimum atomic E-state index is -0.332. The molecule has 6 heteroatoms. The summed E-state index contributed by atoms with van der Waals surface area (Å²) < 4.78 is 19.2. The highest BCUT2D eigenvalue weighted by atomic mass is 19.1. The third-order valence-corrected chi connectivity index (χ3v) is 6.01. The van der Waals surface area contributed by atoms with Gasteiger partial charge in [-0.3, -0.25) is 9.69 Å². The van der Waals surface area contributed by atoms with E-state index in [-0.39, 0.29) is 24.7 Å². The van der Waals surface area contributed by atoms with Crippen molar-refractivity contribution in [3.05, 3.63) is 59.7 Å². The molecule has 5 nitrogen and oxygen atoms in total. The molecule has 2 aromatic rings. The van der Waals surface area contributed by atoms with E-state index < -0.39 is 0 Å². The summed E-state index contributed by atoms with van der Waals surface area (Å²) in [5.41, 5.74) is 3.28. The molecular formula is C24H30FN3O2. The molecule has 0 saturated carbocycles. The first kappa shape index (κ1) is 20.8. The van der Waals surface area contributed by atoms with Gasteiger partial charge >= 0.3 is 0 Å². The number of halogens is 1. The van der Waals surface area contributed by atoms with Crippen LogP contribution in [0.1, 0.15) is 37.0 Å². The van der Waals surface area contributed by atoms with Crippen molar-refractivity contribution in [3.8, 4) is 5.75 Å². The van der Waals surface area contributed by atoms with Crippen LogP contribution >= 0.6 is 0 Å². The third kappa shape index (κ3) is 4.82. The van der Waals surface area contributed by atoms with Crippen molar-refractivity contribution in [2.24, 2.45) is 0 Å². The lowest BCUT2D eigenvalue weighted by Gasteiger charge is -2.39. The normalized spacial score (nSPS) is 23.7. The lowest BCUT2D eigenvalue weighted by atomic mass is 10.0. The van der Waals surface area contributed by atoms with Crippen molar-refractivity contribution >= 4 is 11.6 Å². The number of hydrogen-bond acceptors (Lipinski definition) is 4. The average molecular weight is 412 g/mol. The number of anilines is 1. The largest absolute Gasteiger partial charge is 0.484 e. The fraction of sp³-hybridized carbons (Fsp3) is 0.458. The van der Waals surface area contributed by atoms with E-state index in [1.54, 1.807) is 0 Å². The summed E-state index contributed by atoms with van der Waals surface area (Å²) in [7, 11) is 0. The van der Waals surface area contributed by atoms with Crippen LogP contribution in [0.3, 0.4) is 0 Å². The number of amides is 1. The fourth-order valence-electron chi connectivity index (χ4n) is 4.73. The van der Waals surface area contributed by atoms with E-state index in [9.17, 15) is 9.18 Å². The lowest BCUT2D eigenvalue weighted by molar-refractivity contribution is -0.114. The van der Waals surface area contributed by atoms with E-state index in [1.807, 2.05) is 24.3 Å². The molecule has 30 heavy (non-hydrogen) atoms. The molecule has 2 N–H and O–H groups in total. The second kappa shape index (κ2) is 9.58. The first-order chi connectivity index (χ1) is 14.6. The van der Waals surface area contributed by atoms with Crippen LogP contribution < -0.4 is 15.4 Å². The summed E-state index contributed by atoms with van der Waals surface area (Å²) in [5.74, 6) is 0.647. The van der Waals surface area contributed by atoms with Gasteiger partial charge in [-0.05, 0) is 49.1 Å².